The Hall–Kier alpha value is -1.32. The predicted octanol–water partition coefficient (Wildman–Crippen LogP) is 8.13. The molecule has 0 saturated carbocycles. The molecule has 0 rings (SSSR count). The number of aliphatic hydroxyl groups excluding tert-OH is 2. The Morgan fingerprint density at radius 2 is 1.30 bits per heavy atom. The molecule has 0 amide bonds. The Morgan fingerprint density at radius 3 is 1.95 bits per heavy atom. The van der Waals surface area contributed by atoms with Crippen LogP contribution in [0.4, 0.5) is 0 Å². The maximum atomic E-state index is 12.5. The molecule has 0 aromatic heterocycles. The highest BCUT2D eigenvalue weighted by molar-refractivity contribution is 7.47. The van der Waals surface area contributed by atoms with Crippen LogP contribution in [0.25, 0.3) is 0 Å². The van der Waals surface area contributed by atoms with Crippen molar-refractivity contribution in [2.24, 2.45) is 0 Å². The molecule has 44 heavy (non-hydrogen) atoms. The second kappa shape index (κ2) is 31.7. The number of phosphoric ester groups is 1. The molecule has 3 atom stereocenters. The van der Waals surface area contributed by atoms with Crippen molar-refractivity contribution < 1.29 is 43.0 Å². The van der Waals surface area contributed by atoms with E-state index < -0.39 is 39.2 Å². The first-order valence-corrected chi connectivity index (χ1v) is 18.5. The summed E-state index contributed by atoms with van der Waals surface area (Å²) in [4.78, 5) is 22.3. The topological polar surface area (TPSA) is 132 Å². The molecule has 0 aliphatic rings. The van der Waals surface area contributed by atoms with Gasteiger partial charge in [-0.25, -0.2) is 4.57 Å². The molecule has 9 nitrogen and oxygen atoms in total. The number of esters is 1. The van der Waals surface area contributed by atoms with Crippen LogP contribution in [0.3, 0.4) is 0 Å². The number of phosphoric acid groups is 1. The zero-order valence-electron chi connectivity index (χ0n) is 27.6. The summed E-state index contributed by atoms with van der Waals surface area (Å²) >= 11 is 0. The van der Waals surface area contributed by atoms with Gasteiger partial charge in [-0.1, -0.05) is 115 Å². The van der Waals surface area contributed by atoms with Crippen molar-refractivity contribution in [2.75, 3.05) is 33.0 Å². The molecular weight excluding hydrogens is 583 g/mol. The fourth-order valence-corrected chi connectivity index (χ4v) is 5.04. The van der Waals surface area contributed by atoms with Crippen LogP contribution in [0.5, 0.6) is 0 Å². The number of allylic oxidation sites excluding steroid dienone is 6. The van der Waals surface area contributed by atoms with Crippen LogP contribution < -0.4 is 0 Å². The van der Waals surface area contributed by atoms with Gasteiger partial charge in [-0.2, -0.15) is 0 Å². The minimum Gasteiger partial charge on any atom is -0.457 e. The molecule has 0 aromatic rings. The smallest absolute Gasteiger partial charge is 0.457 e. The van der Waals surface area contributed by atoms with Gasteiger partial charge < -0.3 is 24.6 Å². The van der Waals surface area contributed by atoms with Crippen molar-refractivity contribution in [1.82, 2.24) is 0 Å². The van der Waals surface area contributed by atoms with Crippen molar-refractivity contribution in [3.05, 3.63) is 36.5 Å². The zero-order valence-corrected chi connectivity index (χ0v) is 28.5. The van der Waals surface area contributed by atoms with E-state index in [-0.39, 0.29) is 19.6 Å². The van der Waals surface area contributed by atoms with E-state index in [4.69, 9.17) is 23.6 Å². The maximum Gasteiger partial charge on any atom is 0.472 e. The monoisotopic (exact) mass is 646 g/mol. The SMILES string of the molecule is CC/C=C\C/C=C\C/C=C\CCCCCCCC(=O)OC(COCCCCCCCCCC)COP(=O)(O)OCC(O)CO. The third-order valence-electron chi connectivity index (χ3n) is 6.84. The van der Waals surface area contributed by atoms with E-state index in [1.165, 1.54) is 32.1 Å². The lowest BCUT2D eigenvalue weighted by Gasteiger charge is -2.20. The van der Waals surface area contributed by atoms with E-state index >= 15 is 0 Å². The van der Waals surface area contributed by atoms with Crippen LogP contribution in [0.2, 0.25) is 0 Å². The molecule has 10 heteroatoms. The van der Waals surface area contributed by atoms with Crippen LogP contribution in [0.15, 0.2) is 36.5 Å². The van der Waals surface area contributed by atoms with Crippen LogP contribution in [-0.2, 0) is 27.9 Å². The van der Waals surface area contributed by atoms with Crippen LogP contribution >= 0.6 is 7.82 Å². The van der Waals surface area contributed by atoms with Gasteiger partial charge in [-0.15, -0.1) is 0 Å². The Labute approximate surface area is 267 Å². The van der Waals surface area contributed by atoms with Gasteiger partial charge in [0.1, 0.15) is 12.2 Å². The summed E-state index contributed by atoms with van der Waals surface area (Å²) < 4.78 is 33.0. The van der Waals surface area contributed by atoms with E-state index in [1.54, 1.807) is 0 Å². The van der Waals surface area contributed by atoms with Crippen molar-refractivity contribution in [2.45, 2.75) is 142 Å². The number of carbonyl (C=O) groups is 1. The molecule has 3 unspecified atom stereocenters. The number of rotatable bonds is 32. The van der Waals surface area contributed by atoms with Gasteiger partial charge in [0.05, 0.1) is 26.4 Å². The average molecular weight is 647 g/mol. The summed E-state index contributed by atoms with van der Waals surface area (Å²) in [5.41, 5.74) is 0. The molecule has 0 aromatic carbocycles. The molecule has 0 aliphatic heterocycles. The summed E-state index contributed by atoms with van der Waals surface area (Å²) in [5, 5.41) is 18.2. The summed E-state index contributed by atoms with van der Waals surface area (Å²) in [5.74, 6) is -0.403. The normalized spacial score (nSPS) is 14.9. The second-order valence-corrected chi connectivity index (χ2v) is 12.6. The fourth-order valence-electron chi connectivity index (χ4n) is 4.25. The molecule has 0 aliphatic carbocycles. The molecule has 0 radical (unpaired) electrons. The van der Waals surface area contributed by atoms with Gasteiger partial charge in [-0.05, 0) is 44.9 Å². The summed E-state index contributed by atoms with van der Waals surface area (Å²) in [6.45, 7) is 3.33. The summed E-state index contributed by atoms with van der Waals surface area (Å²) in [6, 6.07) is 0. The van der Waals surface area contributed by atoms with Crippen molar-refractivity contribution in [1.29, 1.82) is 0 Å². The number of ether oxygens (including phenoxy) is 2. The van der Waals surface area contributed by atoms with Crippen LogP contribution in [0, 0.1) is 0 Å². The highest BCUT2D eigenvalue weighted by atomic mass is 31.2. The number of carbonyl (C=O) groups excluding carboxylic acids is 1. The molecule has 258 valence electrons. The highest BCUT2D eigenvalue weighted by Crippen LogP contribution is 2.43. The van der Waals surface area contributed by atoms with Gasteiger partial charge in [-0.3, -0.25) is 13.8 Å². The fraction of sp³-hybridized carbons (Fsp3) is 0.794. The Bertz CT molecular complexity index is 785. The first-order valence-electron chi connectivity index (χ1n) is 17.0. The van der Waals surface area contributed by atoms with Crippen molar-refractivity contribution in [3.8, 4) is 0 Å². The highest BCUT2D eigenvalue weighted by Gasteiger charge is 2.26. The van der Waals surface area contributed by atoms with Crippen LogP contribution in [-0.4, -0.2) is 66.3 Å². The quantitative estimate of drug-likeness (QED) is 0.0287. The molecule has 3 N–H and O–H groups in total. The molecule has 0 fully saturated rings. The minimum atomic E-state index is -4.50. The van der Waals surface area contributed by atoms with Crippen LogP contribution in [0.1, 0.15) is 129 Å². The van der Waals surface area contributed by atoms with Crippen molar-refractivity contribution in [3.63, 3.8) is 0 Å². The minimum absolute atomic E-state index is 0.0424. The first-order chi connectivity index (χ1) is 21.3. The zero-order chi connectivity index (χ0) is 32.6. The lowest BCUT2D eigenvalue weighted by Crippen LogP contribution is -2.29. The van der Waals surface area contributed by atoms with E-state index in [9.17, 15) is 19.4 Å². The molecular formula is C34H63O9P. The lowest BCUT2D eigenvalue weighted by atomic mass is 10.1. The second-order valence-electron chi connectivity index (χ2n) is 11.2. The van der Waals surface area contributed by atoms with Gasteiger partial charge in [0, 0.05) is 13.0 Å². The largest absolute Gasteiger partial charge is 0.472 e. The van der Waals surface area contributed by atoms with Gasteiger partial charge >= 0.3 is 13.8 Å². The molecule has 0 bridgehead atoms. The van der Waals surface area contributed by atoms with Gasteiger partial charge in [0.25, 0.3) is 0 Å². The van der Waals surface area contributed by atoms with Gasteiger partial charge in [0.2, 0.25) is 0 Å². The number of unbranched alkanes of at least 4 members (excludes halogenated alkanes) is 12. The summed E-state index contributed by atoms with van der Waals surface area (Å²) in [6.07, 6.45) is 29.7. The number of hydrogen-bond donors (Lipinski definition) is 3. The third-order valence-corrected chi connectivity index (χ3v) is 7.79. The number of hydrogen-bond acceptors (Lipinski definition) is 8. The van der Waals surface area contributed by atoms with E-state index in [0.717, 1.165) is 70.6 Å². The lowest BCUT2D eigenvalue weighted by molar-refractivity contribution is -0.154. The van der Waals surface area contributed by atoms with E-state index in [2.05, 4.69) is 50.3 Å². The average Bonchev–Trinajstić information content (AvgIpc) is 3.01. The molecule has 0 heterocycles. The molecule has 0 saturated heterocycles. The molecule has 0 spiro atoms. The van der Waals surface area contributed by atoms with Crippen molar-refractivity contribution >= 4 is 13.8 Å². The Morgan fingerprint density at radius 1 is 0.727 bits per heavy atom. The number of aliphatic hydroxyl groups is 2. The van der Waals surface area contributed by atoms with E-state index in [0.29, 0.717) is 13.0 Å². The third kappa shape index (κ3) is 30.7. The Kier molecular flexibility index (Phi) is 30.7. The maximum absolute atomic E-state index is 12.5. The summed E-state index contributed by atoms with van der Waals surface area (Å²) in [7, 11) is -4.50. The van der Waals surface area contributed by atoms with E-state index in [1.807, 2.05) is 0 Å². The first kappa shape index (κ1) is 42.7. The predicted molar refractivity (Wildman–Crippen MR) is 177 cm³/mol. The Balaban J connectivity index is 4.29. The standard InChI is InChI=1S/C34H63O9P/c1-3-5-7-9-11-13-14-15-16-17-18-19-20-22-24-26-34(37)43-33(31-42-44(38,39)41-29-32(36)28-35)30-40-27-25-23-21-12-10-8-6-4-2/h5,7,11,13,15-16,32-33,35-36H,3-4,6,8-10,12,14,17-31H2,1-2H3,(H,38,39)/b7-5-,13-11-,16-15-. The van der Waals surface area contributed by atoms with Gasteiger partial charge in [0.15, 0.2) is 0 Å².